The number of fused-ring (bicyclic) bond motifs is 6. The van der Waals surface area contributed by atoms with Crippen LogP contribution in [-0.2, 0) is 41.1 Å². The first-order valence-electron chi connectivity index (χ1n) is 14.6. The summed E-state index contributed by atoms with van der Waals surface area (Å²) in [7, 11) is 11.5. The Labute approximate surface area is 298 Å². The Bertz CT molecular complexity index is 1500. The molecule has 0 N–H and O–H groups in total. The molecule has 4 aromatic carbocycles. The summed E-state index contributed by atoms with van der Waals surface area (Å²) in [4.78, 5) is 0. The fraction of sp³-hybridized carbons (Fsp3) is 0.158. The van der Waals surface area contributed by atoms with Gasteiger partial charge in [-0.3, -0.25) is 0 Å². The summed E-state index contributed by atoms with van der Waals surface area (Å²) in [5.41, 5.74) is 11.4. The third kappa shape index (κ3) is 7.49. The van der Waals surface area contributed by atoms with Crippen molar-refractivity contribution in [2.24, 2.45) is 0 Å². The van der Waals surface area contributed by atoms with E-state index >= 15 is 0 Å². The van der Waals surface area contributed by atoms with Gasteiger partial charge in [0, 0.05) is 11.8 Å². The first-order valence-corrected chi connectivity index (χ1v) is 28.3. The van der Waals surface area contributed by atoms with E-state index in [1.165, 1.54) is 54.2 Å². The summed E-state index contributed by atoms with van der Waals surface area (Å²) in [5.74, 6) is 0.763. The number of hydrogen-bond donors (Lipinski definition) is 0. The van der Waals surface area contributed by atoms with Gasteiger partial charge in [-0.1, -0.05) is 97.1 Å². The normalized spacial score (nSPS) is 14.6. The van der Waals surface area contributed by atoms with Crippen molar-refractivity contribution in [2.75, 3.05) is 0 Å². The van der Waals surface area contributed by atoms with Crippen molar-refractivity contribution in [1.82, 2.24) is 0 Å². The van der Waals surface area contributed by atoms with Crippen LogP contribution in [-0.4, -0.2) is 0 Å². The molecule has 0 unspecified atom stereocenters. The van der Waals surface area contributed by atoms with Crippen LogP contribution in [0.1, 0.15) is 46.9 Å². The fourth-order valence-electron chi connectivity index (χ4n) is 6.51. The maximum absolute atomic E-state index is 5.74. The number of halogens is 4. The SMILES string of the molecule is [CH3][Zr+2]([CH3])[C]1=CC=CC1.[Cl-].[Cl-].[Cl][Zr]([Cl])[C]1=CC=CC1.c1ccc2c(c1)-c1ccccc1C2C1c2ccccc2-c2ccccc21. The minimum Gasteiger partial charge on any atom is -0.0619 e. The molecule has 0 atom stereocenters. The van der Waals surface area contributed by atoms with Crippen LogP contribution in [0, 0.1) is 0 Å². The predicted octanol–water partition coefficient (Wildman–Crippen LogP) is 5.92. The van der Waals surface area contributed by atoms with Crippen LogP contribution in [0.2, 0.25) is 9.26 Å². The van der Waals surface area contributed by atoms with E-state index in [1.807, 2.05) is 12.2 Å². The van der Waals surface area contributed by atoms with E-state index in [0.29, 0.717) is 11.8 Å². The monoisotopic (exact) mass is 810 g/mol. The molecule has 0 bridgehead atoms. The Balaban J connectivity index is 0.000000204. The van der Waals surface area contributed by atoms with E-state index < -0.39 is 41.1 Å². The Morgan fingerprint density at radius 3 is 1.16 bits per heavy atom. The van der Waals surface area contributed by atoms with E-state index in [2.05, 4.69) is 131 Å². The third-order valence-corrected chi connectivity index (χ3v) is 17.6. The molecule has 0 heterocycles. The summed E-state index contributed by atoms with van der Waals surface area (Å²) in [5, 5.41) is 0. The molecule has 0 saturated carbocycles. The molecular formula is C38H34Cl4Zr2. The van der Waals surface area contributed by atoms with Gasteiger partial charge in [-0.05, 0) is 44.5 Å². The quantitative estimate of drug-likeness (QED) is 0.241. The van der Waals surface area contributed by atoms with Gasteiger partial charge >= 0.3 is 123 Å². The van der Waals surface area contributed by atoms with Crippen LogP contribution in [0.4, 0.5) is 0 Å². The average molecular weight is 815 g/mol. The Morgan fingerprint density at radius 2 is 0.909 bits per heavy atom. The van der Waals surface area contributed by atoms with Crippen LogP contribution < -0.4 is 24.8 Å². The summed E-state index contributed by atoms with van der Waals surface area (Å²) >= 11 is -2.87. The van der Waals surface area contributed by atoms with Gasteiger partial charge in [0.25, 0.3) is 0 Å². The number of benzene rings is 4. The van der Waals surface area contributed by atoms with Crippen LogP contribution in [0.15, 0.2) is 140 Å². The molecule has 8 rings (SSSR count). The van der Waals surface area contributed by atoms with E-state index in [1.54, 1.807) is 3.28 Å². The molecule has 4 aliphatic rings. The standard InChI is InChI=1S/C26H18.2C5H5.2CH3.4ClH.2Zr/c1-5-13-21-17(9-1)18-10-2-6-14-22(18)25(21)26-23-15-7-3-11-19(23)20-12-4-8-16-24(20)26;2*1-2-4-5-3-1;;;;;;;;/h1-16,25-26H;2*1-3H,4H2;2*1H3;4*1H;;/q;;;;;;;;;2*+2/p-4. The summed E-state index contributed by atoms with van der Waals surface area (Å²) in [6.45, 7) is 0. The van der Waals surface area contributed by atoms with Gasteiger partial charge in [0.2, 0.25) is 0 Å². The number of hydrogen-bond acceptors (Lipinski definition) is 0. The maximum atomic E-state index is 5.74. The molecule has 0 fully saturated rings. The molecule has 0 radical (unpaired) electrons. The largest absolute Gasteiger partial charge is 0.0619 e. The zero-order valence-electron chi connectivity index (χ0n) is 24.8. The third-order valence-electron chi connectivity index (χ3n) is 8.52. The fourth-order valence-corrected chi connectivity index (χ4v) is 11.7. The van der Waals surface area contributed by atoms with E-state index in [0.717, 1.165) is 6.42 Å². The van der Waals surface area contributed by atoms with E-state index in [9.17, 15) is 0 Å². The molecule has 0 nitrogen and oxygen atoms in total. The molecule has 0 aromatic heterocycles. The Morgan fingerprint density at radius 1 is 0.545 bits per heavy atom. The van der Waals surface area contributed by atoms with Crippen molar-refractivity contribution in [3.8, 4) is 22.3 Å². The molecule has 44 heavy (non-hydrogen) atoms. The van der Waals surface area contributed by atoms with Crippen LogP contribution in [0.5, 0.6) is 0 Å². The first kappa shape index (κ1) is 35.6. The second-order valence-electron chi connectivity index (χ2n) is 11.2. The van der Waals surface area contributed by atoms with E-state index in [-0.39, 0.29) is 24.8 Å². The topological polar surface area (TPSA) is 0 Å². The molecule has 222 valence electrons. The van der Waals surface area contributed by atoms with Gasteiger partial charge in [0.15, 0.2) is 0 Å². The smallest absolute Gasteiger partial charge is 0.0211 e. The molecule has 0 aliphatic heterocycles. The molecule has 0 spiro atoms. The van der Waals surface area contributed by atoms with Crippen molar-refractivity contribution in [3.05, 3.63) is 162 Å². The zero-order chi connectivity index (χ0) is 29.1. The van der Waals surface area contributed by atoms with Gasteiger partial charge < -0.3 is 24.8 Å². The number of allylic oxidation sites excluding steroid dienone is 8. The van der Waals surface area contributed by atoms with E-state index in [4.69, 9.17) is 17.0 Å². The van der Waals surface area contributed by atoms with Crippen LogP contribution in [0.25, 0.3) is 22.3 Å². The Kier molecular flexibility index (Phi) is 13.4. The summed E-state index contributed by atoms with van der Waals surface area (Å²) < 4.78 is 7.91. The van der Waals surface area contributed by atoms with Crippen molar-refractivity contribution >= 4 is 17.0 Å². The minimum absolute atomic E-state index is 0. The molecular weight excluding hydrogens is 781 g/mol. The summed E-state index contributed by atoms with van der Waals surface area (Å²) in [6, 6.07) is 35.8. The maximum Gasteiger partial charge on any atom is 0.0211 e. The molecule has 4 aromatic rings. The van der Waals surface area contributed by atoms with Crippen molar-refractivity contribution in [3.63, 3.8) is 0 Å². The Hall–Kier alpha value is -1.23. The molecule has 4 aliphatic carbocycles. The predicted molar refractivity (Wildman–Crippen MR) is 175 cm³/mol. The van der Waals surface area contributed by atoms with Gasteiger partial charge in [0.1, 0.15) is 0 Å². The van der Waals surface area contributed by atoms with Gasteiger partial charge in [-0.15, -0.1) is 0 Å². The number of rotatable bonds is 3. The van der Waals surface area contributed by atoms with Crippen LogP contribution in [0.3, 0.4) is 0 Å². The van der Waals surface area contributed by atoms with Gasteiger partial charge in [0.05, 0.1) is 0 Å². The molecule has 6 heteroatoms. The minimum atomic E-state index is -1.96. The van der Waals surface area contributed by atoms with Crippen molar-refractivity contribution in [1.29, 1.82) is 0 Å². The van der Waals surface area contributed by atoms with Crippen LogP contribution >= 0.6 is 17.0 Å². The second-order valence-corrected chi connectivity index (χ2v) is 26.2. The second kappa shape index (κ2) is 16.5. The average Bonchev–Trinajstić information content (AvgIpc) is 3.83. The first-order chi connectivity index (χ1) is 20.5. The molecule has 0 amide bonds. The van der Waals surface area contributed by atoms with Gasteiger partial charge in [-0.25, -0.2) is 0 Å². The molecule has 0 saturated heterocycles. The summed E-state index contributed by atoms with van der Waals surface area (Å²) in [6.07, 6.45) is 15.1. The van der Waals surface area contributed by atoms with Crippen molar-refractivity contribution in [2.45, 2.75) is 33.9 Å². The zero-order valence-corrected chi connectivity index (χ0v) is 32.7. The van der Waals surface area contributed by atoms with Gasteiger partial charge in [-0.2, -0.15) is 0 Å². The van der Waals surface area contributed by atoms with Crippen molar-refractivity contribution < 1.29 is 65.9 Å².